The quantitative estimate of drug-likeness (QED) is 0.899. The number of carboxylic acid groups (broad SMARTS) is 1. The lowest BCUT2D eigenvalue weighted by Crippen LogP contribution is -2.43. The predicted molar refractivity (Wildman–Crippen MR) is 76.1 cm³/mol. The van der Waals surface area contributed by atoms with E-state index in [9.17, 15) is 19.1 Å². The number of aliphatic hydroxyl groups is 1. The number of benzene rings is 1. The van der Waals surface area contributed by atoms with Crippen molar-refractivity contribution in [1.82, 2.24) is 4.90 Å². The average Bonchev–Trinajstić information content (AvgIpc) is 3.01. The predicted octanol–water partition coefficient (Wildman–Crippen LogP) is 1.74. The molecule has 0 saturated heterocycles. The van der Waals surface area contributed by atoms with Gasteiger partial charge in [0.05, 0.1) is 12.9 Å². The van der Waals surface area contributed by atoms with E-state index in [4.69, 9.17) is 9.52 Å². The number of nitrogens with zero attached hydrogens (tertiary/aromatic N) is 1. The molecule has 120 valence electrons. The molecule has 1 aromatic carbocycles. The largest absolute Gasteiger partial charge is 0.479 e. The summed E-state index contributed by atoms with van der Waals surface area (Å²) < 4.78 is 19.0. The summed E-state index contributed by atoms with van der Waals surface area (Å²) in [5.41, 5.74) is 0.551. The number of halogens is 1. The molecule has 23 heavy (non-hydrogen) atoms. The molecule has 0 aliphatic carbocycles. The first-order chi connectivity index (χ1) is 11.0. The van der Waals surface area contributed by atoms with Gasteiger partial charge in [0.1, 0.15) is 11.6 Å². The molecule has 7 heteroatoms. The van der Waals surface area contributed by atoms with Gasteiger partial charge < -0.3 is 19.5 Å². The normalized spacial score (nSPS) is 17.0. The van der Waals surface area contributed by atoms with Crippen LogP contribution in [0.4, 0.5) is 4.39 Å². The van der Waals surface area contributed by atoms with E-state index in [1.807, 2.05) is 0 Å². The van der Waals surface area contributed by atoms with Crippen LogP contribution in [-0.2, 0) is 17.8 Å². The second-order valence-corrected chi connectivity index (χ2v) is 5.25. The van der Waals surface area contributed by atoms with Crippen LogP contribution in [-0.4, -0.2) is 33.5 Å². The fraction of sp³-hybridized carbons (Fsp3) is 0.250. The zero-order valence-electron chi connectivity index (χ0n) is 12.0. The molecule has 3 rings (SSSR count). The maximum absolute atomic E-state index is 13.8. The van der Waals surface area contributed by atoms with Gasteiger partial charge in [-0.05, 0) is 18.2 Å². The minimum atomic E-state index is -1.17. The van der Waals surface area contributed by atoms with Crippen LogP contribution in [0, 0.1) is 5.82 Å². The van der Waals surface area contributed by atoms with Crippen LogP contribution in [0.15, 0.2) is 34.9 Å². The van der Waals surface area contributed by atoms with Crippen molar-refractivity contribution in [3.05, 3.63) is 58.8 Å². The zero-order chi connectivity index (χ0) is 16.6. The second-order valence-electron chi connectivity index (χ2n) is 5.25. The van der Waals surface area contributed by atoms with Gasteiger partial charge in [-0.15, -0.1) is 0 Å². The first-order valence-corrected chi connectivity index (χ1v) is 7.02. The molecular formula is C16H14FNO5. The van der Waals surface area contributed by atoms with Crippen LogP contribution in [0.3, 0.4) is 0 Å². The lowest BCUT2D eigenvalue weighted by Gasteiger charge is -2.32. The number of rotatable bonds is 3. The van der Waals surface area contributed by atoms with Gasteiger partial charge in [-0.2, -0.15) is 0 Å². The van der Waals surface area contributed by atoms with Crippen LogP contribution in [0.5, 0.6) is 0 Å². The van der Waals surface area contributed by atoms with Crippen LogP contribution in [0.1, 0.15) is 33.3 Å². The third kappa shape index (κ3) is 2.59. The van der Waals surface area contributed by atoms with Crippen molar-refractivity contribution in [1.29, 1.82) is 0 Å². The molecule has 0 bridgehead atoms. The number of hydrogen-bond donors (Lipinski definition) is 2. The van der Waals surface area contributed by atoms with E-state index in [1.54, 1.807) is 0 Å². The topological polar surface area (TPSA) is 91.0 Å². The number of amides is 1. The molecule has 1 aromatic heterocycles. The smallest absolute Gasteiger partial charge is 0.331 e. The van der Waals surface area contributed by atoms with Gasteiger partial charge in [-0.1, -0.05) is 6.07 Å². The van der Waals surface area contributed by atoms with Crippen molar-refractivity contribution in [3.8, 4) is 0 Å². The summed E-state index contributed by atoms with van der Waals surface area (Å²) in [6.45, 7) is -0.306. The molecule has 1 amide bonds. The molecule has 0 spiro atoms. The minimum absolute atomic E-state index is 0.0397. The highest BCUT2D eigenvalue weighted by Gasteiger charge is 2.38. The van der Waals surface area contributed by atoms with E-state index in [0.717, 1.165) is 6.07 Å². The molecule has 1 aliphatic heterocycles. The Morgan fingerprint density at radius 2 is 2.13 bits per heavy atom. The monoisotopic (exact) mass is 319 g/mol. The Balaban J connectivity index is 1.95. The maximum Gasteiger partial charge on any atom is 0.331 e. The lowest BCUT2D eigenvalue weighted by atomic mass is 9.98. The summed E-state index contributed by atoms with van der Waals surface area (Å²) in [7, 11) is 0. The van der Waals surface area contributed by atoms with Crippen LogP contribution in [0.25, 0.3) is 0 Å². The Hall–Kier alpha value is -2.67. The highest BCUT2D eigenvalue weighted by Crippen LogP contribution is 2.32. The van der Waals surface area contributed by atoms with Gasteiger partial charge in [0.15, 0.2) is 6.04 Å². The number of carbonyl (C=O) groups excluding carboxylic acids is 1. The second kappa shape index (κ2) is 5.85. The maximum atomic E-state index is 13.8. The average molecular weight is 319 g/mol. The van der Waals surface area contributed by atoms with Crippen molar-refractivity contribution in [2.24, 2.45) is 0 Å². The molecule has 0 fully saturated rings. The molecule has 0 saturated carbocycles. The summed E-state index contributed by atoms with van der Waals surface area (Å²) in [5, 5.41) is 18.4. The number of carbonyl (C=O) groups is 2. The Bertz CT molecular complexity index is 770. The zero-order valence-corrected chi connectivity index (χ0v) is 12.0. The molecule has 1 unspecified atom stereocenters. The number of fused-ring (bicyclic) bond motifs is 1. The van der Waals surface area contributed by atoms with E-state index >= 15 is 0 Å². The van der Waals surface area contributed by atoms with Gasteiger partial charge in [-0.3, -0.25) is 4.79 Å². The fourth-order valence-corrected chi connectivity index (χ4v) is 2.78. The first kappa shape index (κ1) is 15.2. The molecule has 2 heterocycles. The van der Waals surface area contributed by atoms with E-state index < -0.39 is 30.3 Å². The van der Waals surface area contributed by atoms with Crippen LogP contribution < -0.4 is 0 Å². The molecule has 2 N–H and O–H groups in total. The molecule has 2 aromatic rings. The Kier molecular flexibility index (Phi) is 3.87. The number of carboxylic acids is 1. The van der Waals surface area contributed by atoms with Crippen molar-refractivity contribution >= 4 is 11.9 Å². The number of furan rings is 1. The van der Waals surface area contributed by atoms with E-state index in [1.165, 1.54) is 29.4 Å². The Labute approximate surface area is 130 Å². The van der Waals surface area contributed by atoms with Gasteiger partial charge >= 0.3 is 5.97 Å². The molecular weight excluding hydrogens is 305 g/mol. The van der Waals surface area contributed by atoms with Crippen molar-refractivity contribution in [2.75, 3.05) is 6.54 Å². The van der Waals surface area contributed by atoms with Gasteiger partial charge in [-0.25, -0.2) is 9.18 Å². The summed E-state index contributed by atoms with van der Waals surface area (Å²) in [6.07, 6.45) is 1.79. The number of hydrogen-bond acceptors (Lipinski definition) is 4. The third-order valence-electron chi connectivity index (χ3n) is 3.93. The SMILES string of the molecule is O=C(O)C1c2ccoc2CCN1C(=O)c1ccc(CO)c(F)c1. The first-order valence-electron chi connectivity index (χ1n) is 7.02. The Morgan fingerprint density at radius 1 is 1.35 bits per heavy atom. The fourth-order valence-electron chi connectivity index (χ4n) is 2.78. The van der Waals surface area contributed by atoms with Gasteiger partial charge in [0.2, 0.25) is 0 Å². The summed E-state index contributed by atoms with van der Waals surface area (Å²) >= 11 is 0. The lowest BCUT2D eigenvalue weighted by molar-refractivity contribution is -0.143. The molecule has 1 aliphatic rings. The van der Waals surface area contributed by atoms with E-state index in [0.29, 0.717) is 17.7 Å². The number of aliphatic hydroxyl groups excluding tert-OH is 1. The molecule has 1 atom stereocenters. The molecule has 6 nitrogen and oxygen atoms in total. The minimum Gasteiger partial charge on any atom is -0.479 e. The van der Waals surface area contributed by atoms with E-state index in [-0.39, 0.29) is 17.7 Å². The van der Waals surface area contributed by atoms with Crippen molar-refractivity contribution in [3.63, 3.8) is 0 Å². The van der Waals surface area contributed by atoms with Crippen molar-refractivity contribution in [2.45, 2.75) is 19.1 Å². The van der Waals surface area contributed by atoms with Crippen molar-refractivity contribution < 1.29 is 28.6 Å². The van der Waals surface area contributed by atoms with Crippen LogP contribution in [0.2, 0.25) is 0 Å². The number of aliphatic carboxylic acids is 1. The molecule has 0 radical (unpaired) electrons. The highest BCUT2D eigenvalue weighted by atomic mass is 19.1. The Morgan fingerprint density at radius 3 is 2.78 bits per heavy atom. The van der Waals surface area contributed by atoms with Crippen LogP contribution >= 0.6 is 0 Å². The highest BCUT2D eigenvalue weighted by molar-refractivity contribution is 5.97. The van der Waals surface area contributed by atoms with Gasteiger partial charge in [0.25, 0.3) is 5.91 Å². The summed E-state index contributed by atoms with van der Waals surface area (Å²) in [6, 6.07) is 4.07. The van der Waals surface area contributed by atoms with E-state index in [2.05, 4.69) is 0 Å². The van der Waals surface area contributed by atoms with Gasteiger partial charge in [0, 0.05) is 29.7 Å². The third-order valence-corrected chi connectivity index (χ3v) is 3.93. The summed E-state index contributed by atoms with van der Waals surface area (Å²) in [4.78, 5) is 25.4. The summed E-state index contributed by atoms with van der Waals surface area (Å²) in [5.74, 6) is -1.91. The standard InChI is InChI=1S/C16H14FNO5/c17-12-7-9(1-2-10(12)8-19)15(20)18-5-3-13-11(4-6-23-13)14(18)16(21)22/h1-2,4,6-7,14,19H,3,5,8H2,(H,21,22).